The highest BCUT2D eigenvalue weighted by Gasteiger charge is 2.09. The average Bonchev–Trinajstić information content (AvgIpc) is 2.47. The highest BCUT2D eigenvalue weighted by molar-refractivity contribution is 6.05. The van der Waals surface area contributed by atoms with Crippen molar-refractivity contribution < 1.29 is 14.3 Å². The summed E-state index contributed by atoms with van der Waals surface area (Å²) in [7, 11) is 0. The van der Waals surface area contributed by atoms with Gasteiger partial charge in [-0.05, 0) is 36.4 Å². The first-order valence-electron chi connectivity index (χ1n) is 6.19. The number of aromatic hydroxyl groups is 1. The number of amides is 1. The second-order valence-electron chi connectivity index (χ2n) is 4.20. The van der Waals surface area contributed by atoms with E-state index in [2.05, 4.69) is 17.2 Å². The number of carbonyl (C=O) groups excluding carboxylic acids is 1. The molecule has 0 saturated carbocycles. The van der Waals surface area contributed by atoms with Gasteiger partial charge in [-0.3, -0.25) is 4.79 Å². The quantitative estimate of drug-likeness (QED) is 0.739. The molecular formula is C16H13FN2O2. The standard InChI is InChI=1S/C16H13FN2O2/c17-13-6-7-15(11(9-13)4-2-8-18)19-16(21)12-3-1-5-14(20)10-12/h1,3,5-7,9-10,20H,8,18H2,(H,19,21). The SMILES string of the molecule is NCC#Cc1cc(F)ccc1NC(=O)c1cccc(O)c1. The fraction of sp³-hybridized carbons (Fsp3) is 0.0625. The molecule has 0 saturated heterocycles. The van der Waals surface area contributed by atoms with E-state index in [4.69, 9.17) is 5.73 Å². The van der Waals surface area contributed by atoms with Gasteiger partial charge in [0, 0.05) is 5.56 Å². The normalized spacial score (nSPS) is 9.62. The van der Waals surface area contributed by atoms with Crippen LogP contribution in [0.5, 0.6) is 5.75 Å². The molecule has 0 spiro atoms. The van der Waals surface area contributed by atoms with Crippen molar-refractivity contribution >= 4 is 11.6 Å². The number of hydrogen-bond donors (Lipinski definition) is 3. The average molecular weight is 284 g/mol. The van der Waals surface area contributed by atoms with Crippen LogP contribution in [-0.2, 0) is 0 Å². The fourth-order valence-corrected chi connectivity index (χ4v) is 1.72. The molecular weight excluding hydrogens is 271 g/mol. The second kappa shape index (κ2) is 6.55. The minimum Gasteiger partial charge on any atom is -0.508 e. The van der Waals surface area contributed by atoms with Crippen LogP contribution in [0.15, 0.2) is 42.5 Å². The van der Waals surface area contributed by atoms with Crippen molar-refractivity contribution in [2.24, 2.45) is 5.73 Å². The molecule has 0 unspecified atom stereocenters. The molecule has 0 aliphatic heterocycles. The summed E-state index contributed by atoms with van der Waals surface area (Å²) in [5.74, 6) is 4.43. The smallest absolute Gasteiger partial charge is 0.255 e. The van der Waals surface area contributed by atoms with Crippen molar-refractivity contribution in [3.8, 4) is 17.6 Å². The number of phenols is 1. The van der Waals surface area contributed by atoms with E-state index >= 15 is 0 Å². The zero-order valence-corrected chi connectivity index (χ0v) is 11.1. The van der Waals surface area contributed by atoms with Crippen LogP contribution in [0, 0.1) is 17.7 Å². The van der Waals surface area contributed by atoms with Crippen molar-refractivity contribution in [2.75, 3.05) is 11.9 Å². The first-order chi connectivity index (χ1) is 10.1. The van der Waals surface area contributed by atoms with Crippen LogP contribution >= 0.6 is 0 Å². The van der Waals surface area contributed by atoms with Gasteiger partial charge in [-0.25, -0.2) is 4.39 Å². The lowest BCUT2D eigenvalue weighted by Crippen LogP contribution is -2.12. The molecule has 0 aliphatic carbocycles. The lowest BCUT2D eigenvalue weighted by Gasteiger charge is -2.08. The molecule has 0 fully saturated rings. The number of anilines is 1. The Morgan fingerprint density at radius 3 is 2.81 bits per heavy atom. The van der Waals surface area contributed by atoms with Crippen LogP contribution in [0.1, 0.15) is 15.9 Å². The Balaban J connectivity index is 2.29. The van der Waals surface area contributed by atoms with Crippen molar-refractivity contribution in [1.29, 1.82) is 0 Å². The third-order valence-corrected chi connectivity index (χ3v) is 2.66. The number of nitrogens with one attached hydrogen (secondary N) is 1. The van der Waals surface area contributed by atoms with Crippen LogP contribution in [0.4, 0.5) is 10.1 Å². The molecule has 2 rings (SSSR count). The lowest BCUT2D eigenvalue weighted by molar-refractivity contribution is 0.102. The van der Waals surface area contributed by atoms with E-state index in [1.807, 2.05) is 0 Å². The zero-order chi connectivity index (χ0) is 15.2. The minimum atomic E-state index is -0.452. The molecule has 4 N–H and O–H groups in total. The monoisotopic (exact) mass is 284 g/mol. The molecule has 2 aromatic rings. The number of benzene rings is 2. The van der Waals surface area contributed by atoms with E-state index in [1.165, 1.54) is 30.3 Å². The van der Waals surface area contributed by atoms with E-state index in [1.54, 1.807) is 12.1 Å². The first-order valence-corrected chi connectivity index (χ1v) is 6.19. The number of nitrogens with two attached hydrogens (primary N) is 1. The maximum Gasteiger partial charge on any atom is 0.255 e. The number of carbonyl (C=O) groups is 1. The Morgan fingerprint density at radius 2 is 2.10 bits per heavy atom. The van der Waals surface area contributed by atoms with E-state index in [-0.39, 0.29) is 17.9 Å². The van der Waals surface area contributed by atoms with E-state index in [0.29, 0.717) is 11.3 Å². The number of phenolic OH excluding ortho intramolecular Hbond substituents is 1. The molecule has 0 aliphatic rings. The van der Waals surface area contributed by atoms with Crippen LogP contribution in [-0.4, -0.2) is 17.6 Å². The number of hydrogen-bond acceptors (Lipinski definition) is 3. The second-order valence-corrected chi connectivity index (χ2v) is 4.20. The summed E-state index contributed by atoms with van der Waals surface area (Å²) in [5.41, 5.74) is 6.30. The molecule has 5 heteroatoms. The van der Waals surface area contributed by atoms with E-state index in [0.717, 1.165) is 0 Å². The van der Waals surface area contributed by atoms with Crippen molar-refractivity contribution in [1.82, 2.24) is 0 Å². The van der Waals surface area contributed by atoms with E-state index < -0.39 is 11.7 Å². The largest absolute Gasteiger partial charge is 0.508 e. The van der Waals surface area contributed by atoms with E-state index in [9.17, 15) is 14.3 Å². The summed E-state index contributed by atoms with van der Waals surface area (Å²) >= 11 is 0. The molecule has 0 atom stereocenters. The minimum absolute atomic E-state index is 0.00935. The Bertz CT molecular complexity index is 733. The van der Waals surface area contributed by atoms with Gasteiger partial charge in [-0.15, -0.1) is 0 Å². The van der Waals surface area contributed by atoms with Crippen molar-refractivity contribution in [3.05, 3.63) is 59.4 Å². The summed E-state index contributed by atoms with van der Waals surface area (Å²) in [5, 5.41) is 12.0. The van der Waals surface area contributed by atoms with Gasteiger partial charge in [0.15, 0.2) is 0 Å². The van der Waals surface area contributed by atoms with Crippen molar-refractivity contribution in [3.63, 3.8) is 0 Å². The summed E-state index contributed by atoms with van der Waals surface area (Å²) in [6.45, 7) is 0.135. The van der Waals surface area contributed by atoms with Gasteiger partial charge in [0.1, 0.15) is 11.6 Å². The number of rotatable bonds is 2. The summed E-state index contributed by atoms with van der Waals surface area (Å²) in [4.78, 5) is 12.1. The molecule has 0 bridgehead atoms. The highest BCUT2D eigenvalue weighted by atomic mass is 19.1. The molecule has 2 aromatic carbocycles. The molecule has 0 aromatic heterocycles. The van der Waals surface area contributed by atoms with Crippen LogP contribution < -0.4 is 11.1 Å². The highest BCUT2D eigenvalue weighted by Crippen LogP contribution is 2.18. The van der Waals surface area contributed by atoms with Crippen LogP contribution in [0.25, 0.3) is 0 Å². The van der Waals surface area contributed by atoms with Gasteiger partial charge in [-0.1, -0.05) is 17.9 Å². The Kier molecular flexibility index (Phi) is 4.54. The molecule has 1 amide bonds. The summed E-state index contributed by atoms with van der Waals surface area (Å²) in [6, 6.07) is 9.80. The Morgan fingerprint density at radius 1 is 1.29 bits per heavy atom. The molecule has 4 nitrogen and oxygen atoms in total. The number of halogens is 1. The van der Waals surface area contributed by atoms with Gasteiger partial charge in [0.25, 0.3) is 5.91 Å². The van der Waals surface area contributed by atoms with Gasteiger partial charge in [0.2, 0.25) is 0 Å². The predicted octanol–water partition coefficient (Wildman–Crippen LogP) is 2.09. The summed E-state index contributed by atoms with van der Waals surface area (Å²) in [6.07, 6.45) is 0. The zero-order valence-electron chi connectivity index (χ0n) is 11.1. The lowest BCUT2D eigenvalue weighted by atomic mass is 10.1. The topological polar surface area (TPSA) is 75.3 Å². The Hall–Kier alpha value is -2.84. The van der Waals surface area contributed by atoms with Crippen LogP contribution in [0.3, 0.4) is 0 Å². The fourth-order valence-electron chi connectivity index (χ4n) is 1.72. The Labute approximate surface area is 121 Å². The van der Waals surface area contributed by atoms with Crippen LogP contribution in [0.2, 0.25) is 0 Å². The van der Waals surface area contributed by atoms with Crippen molar-refractivity contribution in [2.45, 2.75) is 0 Å². The maximum atomic E-state index is 13.2. The molecule has 106 valence electrons. The van der Waals surface area contributed by atoms with Gasteiger partial charge >= 0.3 is 0 Å². The third kappa shape index (κ3) is 3.81. The molecule has 0 heterocycles. The van der Waals surface area contributed by atoms with Gasteiger partial charge in [-0.2, -0.15) is 0 Å². The maximum absolute atomic E-state index is 13.2. The van der Waals surface area contributed by atoms with Gasteiger partial charge in [0.05, 0.1) is 17.8 Å². The van der Waals surface area contributed by atoms with Gasteiger partial charge < -0.3 is 16.2 Å². The predicted molar refractivity (Wildman–Crippen MR) is 78.4 cm³/mol. The molecule has 0 radical (unpaired) electrons. The first kappa shape index (κ1) is 14.6. The molecule has 21 heavy (non-hydrogen) atoms. The third-order valence-electron chi connectivity index (χ3n) is 2.66. The summed E-state index contributed by atoms with van der Waals surface area (Å²) < 4.78 is 13.2.